The van der Waals surface area contributed by atoms with Crippen molar-refractivity contribution in [2.24, 2.45) is 0 Å². The minimum atomic E-state index is 0. The van der Waals surface area contributed by atoms with E-state index in [0.29, 0.717) is 0 Å². The average molecular weight is 187 g/mol. The van der Waals surface area contributed by atoms with Crippen molar-refractivity contribution in [1.82, 2.24) is 0 Å². The van der Waals surface area contributed by atoms with Crippen LogP contribution >= 0.6 is 15.9 Å². The topological polar surface area (TPSA) is 0 Å². The van der Waals surface area contributed by atoms with Gasteiger partial charge in [0.1, 0.15) is 0 Å². The van der Waals surface area contributed by atoms with Gasteiger partial charge in [-0.3, -0.25) is 0 Å². The van der Waals surface area contributed by atoms with Crippen LogP contribution in [0.15, 0.2) is 10.6 Å². The van der Waals surface area contributed by atoms with E-state index in [1.807, 2.05) is 0 Å². The van der Waals surface area contributed by atoms with Crippen LogP contribution in [0, 0.1) is 0 Å². The molecule has 0 aliphatic heterocycles. The molecule has 1 aliphatic carbocycles. The van der Waals surface area contributed by atoms with E-state index in [9.17, 15) is 0 Å². The van der Waals surface area contributed by atoms with Gasteiger partial charge in [0.05, 0.1) is 0 Å². The largest absolute Gasteiger partial charge is 2.00 e. The fraction of sp³-hybridized carbons (Fsp3) is 0.667. The fourth-order valence-corrected chi connectivity index (χ4v) is 1.31. The molecule has 0 radical (unpaired) electrons. The number of rotatable bonds is 0. The van der Waals surface area contributed by atoms with Gasteiger partial charge < -0.3 is 2.85 Å². The Labute approximate surface area is 78.0 Å². The van der Waals surface area contributed by atoms with Gasteiger partial charge in [-0.2, -0.15) is 0 Å². The molecule has 1 aliphatic rings. The van der Waals surface area contributed by atoms with Crippen LogP contribution in [0.25, 0.3) is 0 Å². The van der Waals surface area contributed by atoms with Crippen molar-refractivity contribution in [3.8, 4) is 0 Å². The second-order valence-electron chi connectivity index (χ2n) is 1.90. The van der Waals surface area contributed by atoms with Gasteiger partial charge in [0.15, 0.2) is 0 Å². The van der Waals surface area contributed by atoms with Crippen LogP contribution in [0.2, 0.25) is 0 Å². The molecule has 44 valence electrons. The maximum atomic E-state index is 3.45. The van der Waals surface area contributed by atoms with E-state index in [-0.39, 0.29) is 25.9 Å². The Bertz CT molecular complexity index is 95.7. The predicted octanol–water partition coefficient (Wildman–Crippen LogP) is 2.68. The summed E-state index contributed by atoms with van der Waals surface area (Å²) in [5.74, 6) is 0. The first-order valence-electron chi connectivity index (χ1n) is 2.74. The van der Waals surface area contributed by atoms with E-state index in [2.05, 4.69) is 22.0 Å². The van der Waals surface area contributed by atoms with E-state index in [4.69, 9.17) is 0 Å². The van der Waals surface area contributed by atoms with Crippen LogP contribution in [0.4, 0.5) is 0 Å². The summed E-state index contributed by atoms with van der Waals surface area (Å²) in [5, 5.41) is 0. The zero-order valence-corrected chi connectivity index (χ0v) is 7.99. The molecule has 0 fully saturated rings. The van der Waals surface area contributed by atoms with Crippen molar-refractivity contribution in [1.29, 1.82) is 0 Å². The third-order valence-electron chi connectivity index (χ3n) is 1.24. The minimum Gasteiger partial charge on any atom is -1.00 e. The third kappa shape index (κ3) is 3.10. The van der Waals surface area contributed by atoms with Gasteiger partial charge in [-0.25, -0.2) is 0 Å². The normalized spacial score (nSPS) is 18.9. The molecule has 0 atom stereocenters. The summed E-state index contributed by atoms with van der Waals surface area (Å²) in [5.41, 5.74) is 0. The summed E-state index contributed by atoms with van der Waals surface area (Å²) >= 11 is 3.45. The van der Waals surface area contributed by atoms with Gasteiger partial charge in [0, 0.05) is 0 Å². The van der Waals surface area contributed by atoms with E-state index in [1.54, 1.807) is 0 Å². The Hall–Kier alpha value is 0.986. The molecule has 0 saturated carbocycles. The number of halogens is 1. The molecule has 0 saturated heterocycles. The SMILES string of the molecule is BrC1=CCCCC1.[H-].[H-].[Mg+2]. The fourth-order valence-electron chi connectivity index (χ4n) is 0.799. The Kier molecular flexibility index (Phi) is 5.42. The Morgan fingerprint density at radius 3 is 2.50 bits per heavy atom. The van der Waals surface area contributed by atoms with Crippen molar-refractivity contribution >= 4 is 39.0 Å². The standard InChI is InChI=1S/C6H9Br.Mg.2H/c7-6-4-2-1-3-5-6;;;/h4H,1-3,5H2;;;/q;+2;2*-1. The minimum absolute atomic E-state index is 0. The number of hydrogen-bond acceptors (Lipinski definition) is 0. The second kappa shape index (κ2) is 4.83. The van der Waals surface area contributed by atoms with E-state index in [0.717, 1.165) is 0 Å². The molecular formula is C6H11BrMg. The van der Waals surface area contributed by atoms with Gasteiger partial charge in [0.2, 0.25) is 0 Å². The van der Waals surface area contributed by atoms with Crippen LogP contribution in [-0.2, 0) is 0 Å². The first-order chi connectivity index (χ1) is 3.39. The van der Waals surface area contributed by atoms with Crippen LogP contribution in [0.5, 0.6) is 0 Å². The Morgan fingerprint density at radius 2 is 2.25 bits per heavy atom. The quantitative estimate of drug-likeness (QED) is 0.512. The summed E-state index contributed by atoms with van der Waals surface area (Å²) < 4.78 is 1.40. The van der Waals surface area contributed by atoms with Gasteiger partial charge in [0.25, 0.3) is 0 Å². The van der Waals surface area contributed by atoms with Crippen LogP contribution in [0.1, 0.15) is 28.5 Å². The predicted molar refractivity (Wildman–Crippen MR) is 43.5 cm³/mol. The average Bonchev–Trinajstić information content (AvgIpc) is 1.69. The maximum Gasteiger partial charge on any atom is 2.00 e. The molecule has 8 heavy (non-hydrogen) atoms. The molecule has 0 bridgehead atoms. The molecule has 0 aromatic carbocycles. The molecule has 0 heterocycles. The van der Waals surface area contributed by atoms with Crippen LogP contribution < -0.4 is 0 Å². The smallest absolute Gasteiger partial charge is 1.00 e. The molecule has 0 aromatic rings. The van der Waals surface area contributed by atoms with Gasteiger partial charge in [-0.1, -0.05) is 22.0 Å². The monoisotopic (exact) mass is 186 g/mol. The summed E-state index contributed by atoms with van der Waals surface area (Å²) in [6.07, 6.45) is 7.57. The first-order valence-corrected chi connectivity index (χ1v) is 3.53. The van der Waals surface area contributed by atoms with E-state index < -0.39 is 0 Å². The number of allylic oxidation sites excluding steroid dienone is 2. The summed E-state index contributed by atoms with van der Waals surface area (Å²) in [6, 6.07) is 0. The summed E-state index contributed by atoms with van der Waals surface area (Å²) in [6.45, 7) is 0. The molecular weight excluding hydrogens is 176 g/mol. The molecule has 0 spiro atoms. The zero-order chi connectivity index (χ0) is 5.11. The van der Waals surface area contributed by atoms with Gasteiger partial charge in [-0.15, -0.1) is 0 Å². The molecule has 2 heteroatoms. The third-order valence-corrected chi connectivity index (χ3v) is 1.96. The van der Waals surface area contributed by atoms with Crippen molar-refractivity contribution in [3.63, 3.8) is 0 Å². The van der Waals surface area contributed by atoms with Crippen molar-refractivity contribution in [3.05, 3.63) is 10.6 Å². The number of hydrogen-bond donors (Lipinski definition) is 0. The first kappa shape index (κ1) is 8.99. The summed E-state index contributed by atoms with van der Waals surface area (Å²) in [4.78, 5) is 0. The van der Waals surface area contributed by atoms with Gasteiger partial charge >= 0.3 is 23.1 Å². The van der Waals surface area contributed by atoms with Gasteiger partial charge in [-0.05, 0) is 30.2 Å². The molecule has 0 amide bonds. The zero-order valence-electron chi connectivity index (χ0n) is 6.99. The van der Waals surface area contributed by atoms with E-state index >= 15 is 0 Å². The molecule has 0 N–H and O–H groups in total. The molecule has 0 nitrogen and oxygen atoms in total. The van der Waals surface area contributed by atoms with Crippen LogP contribution in [-0.4, -0.2) is 23.1 Å². The Morgan fingerprint density at radius 1 is 1.50 bits per heavy atom. The summed E-state index contributed by atoms with van der Waals surface area (Å²) in [7, 11) is 0. The molecule has 0 aromatic heterocycles. The Balaban J connectivity index is -0.000000163. The van der Waals surface area contributed by atoms with E-state index in [1.165, 1.54) is 30.2 Å². The molecule has 0 unspecified atom stereocenters. The van der Waals surface area contributed by atoms with Crippen molar-refractivity contribution in [2.45, 2.75) is 25.7 Å². The maximum absolute atomic E-state index is 3.45. The van der Waals surface area contributed by atoms with Crippen molar-refractivity contribution < 1.29 is 2.85 Å². The van der Waals surface area contributed by atoms with Crippen LogP contribution in [0.3, 0.4) is 0 Å². The second-order valence-corrected chi connectivity index (χ2v) is 2.92. The van der Waals surface area contributed by atoms with Crippen molar-refractivity contribution in [2.75, 3.05) is 0 Å². The molecule has 1 rings (SSSR count).